The molecule has 5 heteroatoms. The topological polar surface area (TPSA) is 51.2 Å². The van der Waals surface area contributed by atoms with Crippen LogP contribution in [0.4, 0.5) is 4.39 Å². The van der Waals surface area contributed by atoms with E-state index in [9.17, 15) is 9.18 Å². The van der Waals surface area contributed by atoms with Crippen molar-refractivity contribution in [1.82, 2.24) is 10.3 Å². The molecular weight excluding hydrogens is 319 g/mol. The minimum atomic E-state index is -0.409. The second kappa shape index (κ2) is 8.06. The summed E-state index contributed by atoms with van der Waals surface area (Å²) in [6.07, 6.45) is 1.68. The van der Waals surface area contributed by atoms with Gasteiger partial charge in [0.1, 0.15) is 11.6 Å². The predicted octanol–water partition coefficient (Wildman–Crippen LogP) is 3.51. The summed E-state index contributed by atoms with van der Waals surface area (Å²) >= 11 is 0. The fraction of sp³-hybridized carbons (Fsp3) is 0.100. The summed E-state index contributed by atoms with van der Waals surface area (Å²) < 4.78 is 18.5. The van der Waals surface area contributed by atoms with Crippen LogP contribution >= 0.6 is 0 Å². The van der Waals surface area contributed by atoms with Crippen LogP contribution in [0.3, 0.4) is 0 Å². The Morgan fingerprint density at radius 1 is 1.04 bits per heavy atom. The maximum Gasteiger partial charge on any atom is 0.258 e. The Hall–Kier alpha value is -3.21. The van der Waals surface area contributed by atoms with Crippen molar-refractivity contribution in [3.8, 4) is 5.75 Å². The number of rotatable bonds is 6. The SMILES string of the molecule is O=C(COc1cccc(F)c1)N[C@H](c1ccccc1)c1ccccn1. The van der Waals surface area contributed by atoms with Crippen LogP contribution in [-0.4, -0.2) is 17.5 Å². The molecule has 0 saturated carbocycles. The van der Waals surface area contributed by atoms with E-state index in [1.54, 1.807) is 12.3 Å². The zero-order chi connectivity index (χ0) is 17.5. The molecular formula is C20H17FN2O2. The monoisotopic (exact) mass is 336 g/mol. The standard InChI is InChI=1S/C20H17FN2O2/c21-16-9-6-10-17(13-16)25-14-19(24)23-20(15-7-2-1-3-8-15)18-11-4-5-12-22-18/h1-13,20H,14H2,(H,23,24)/t20-/m1/s1. The molecule has 0 saturated heterocycles. The van der Waals surface area contributed by atoms with Crippen molar-refractivity contribution in [1.29, 1.82) is 0 Å². The van der Waals surface area contributed by atoms with E-state index in [4.69, 9.17) is 4.74 Å². The first kappa shape index (κ1) is 16.6. The molecule has 1 aromatic heterocycles. The molecule has 1 heterocycles. The molecule has 0 fully saturated rings. The van der Waals surface area contributed by atoms with Crippen molar-refractivity contribution in [2.45, 2.75) is 6.04 Å². The Kier molecular flexibility index (Phi) is 5.36. The van der Waals surface area contributed by atoms with Gasteiger partial charge in [-0.25, -0.2) is 4.39 Å². The van der Waals surface area contributed by atoms with Crippen molar-refractivity contribution in [2.24, 2.45) is 0 Å². The van der Waals surface area contributed by atoms with Crippen molar-refractivity contribution in [3.05, 3.63) is 96.1 Å². The quantitative estimate of drug-likeness (QED) is 0.749. The van der Waals surface area contributed by atoms with E-state index in [1.807, 2.05) is 48.5 Å². The fourth-order valence-electron chi connectivity index (χ4n) is 2.43. The highest BCUT2D eigenvalue weighted by molar-refractivity contribution is 5.78. The first-order valence-electron chi connectivity index (χ1n) is 7.86. The Morgan fingerprint density at radius 2 is 1.84 bits per heavy atom. The molecule has 1 atom stereocenters. The highest BCUT2D eigenvalue weighted by Crippen LogP contribution is 2.20. The average Bonchev–Trinajstić information content (AvgIpc) is 2.66. The largest absolute Gasteiger partial charge is 0.484 e. The van der Waals surface area contributed by atoms with Crippen LogP contribution in [0.15, 0.2) is 79.0 Å². The van der Waals surface area contributed by atoms with Gasteiger partial charge >= 0.3 is 0 Å². The molecule has 0 radical (unpaired) electrons. The van der Waals surface area contributed by atoms with Crippen LogP contribution in [0, 0.1) is 5.82 Å². The van der Waals surface area contributed by atoms with Crippen molar-refractivity contribution >= 4 is 5.91 Å². The smallest absolute Gasteiger partial charge is 0.258 e. The lowest BCUT2D eigenvalue weighted by atomic mass is 10.0. The van der Waals surface area contributed by atoms with E-state index in [1.165, 1.54) is 18.2 Å². The Labute approximate surface area is 145 Å². The Balaban J connectivity index is 1.71. The number of halogens is 1. The zero-order valence-electron chi connectivity index (χ0n) is 13.4. The number of aromatic nitrogens is 1. The van der Waals surface area contributed by atoms with Gasteiger partial charge in [-0.2, -0.15) is 0 Å². The summed E-state index contributed by atoms with van der Waals surface area (Å²) in [4.78, 5) is 16.6. The molecule has 0 aliphatic carbocycles. The van der Waals surface area contributed by atoms with Gasteiger partial charge in [-0.3, -0.25) is 9.78 Å². The first-order chi connectivity index (χ1) is 12.2. The molecule has 1 amide bonds. The summed E-state index contributed by atoms with van der Waals surface area (Å²) in [6, 6.07) is 20.4. The van der Waals surface area contributed by atoms with Gasteiger partial charge in [0.05, 0.1) is 11.7 Å². The molecule has 0 spiro atoms. The van der Waals surface area contributed by atoms with Gasteiger partial charge in [-0.1, -0.05) is 42.5 Å². The molecule has 126 valence electrons. The predicted molar refractivity (Wildman–Crippen MR) is 92.6 cm³/mol. The summed E-state index contributed by atoms with van der Waals surface area (Å²) in [6.45, 7) is -0.209. The second-order valence-corrected chi connectivity index (χ2v) is 5.41. The maximum absolute atomic E-state index is 13.2. The fourth-order valence-corrected chi connectivity index (χ4v) is 2.43. The summed E-state index contributed by atoms with van der Waals surface area (Å²) in [5, 5.41) is 2.91. The lowest BCUT2D eigenvalue weighted by molar-refractivity contribution is -0.123. The Morgan fingerprint density at radius 3 is 2.56 bits per heavy atom. The van der Waals surface area contributed by atoms with Gasteiger partial charge in [0.15, 0.2) is 6.61 Å². The van der Waals surface area contributed by atoms with Crippen LogP contribution < -0.4 is 10.1 Å². The molecule has 4 nitrogen and oxygen atoms in total. The normalized spacial score (nSPS) is 11.6. The molecule has 0 bridgehead atoms. The minimum Gasteiger partial charge on any atom is -0.484 e. The van der Waals surface area contributed by atoms with Crippen LogP contribution in [0.25, 0.3) is 0 Å². The first-order valence-corrected chi connectivity index (χ1v) is 7.86. The molecule has 0 aliphatic heterocycles. The van der Waals surface area contributed by atoms with Crippen LogP contribution in [0.2, 0.25) is 0 Å². The molecule has 0 unspecified atom stereocenters. The van der Waals surface area contributed by atoms with Gasteiger partial charge in [0.2, 0.25) is 0 Å². The van der Waals surface area contributed by atoms with E-state index in [0.717, 1.165) is 11.3 Å². The number of nitrogens with one attached hydrogen (secondary N) is 1. The summed E-state index contributed by atoms with van der Waals surface area (Å²) in [7, 11) is 0. The molecule has 3 aromatic rings. The van der Waals surface area contributed by atoms with Crippen LogP contribution in [0.1, 0.15) is 17.3 Å². The number of hydrogen-bond donors (Lipinski definition) is 1. The maximum atomic E-state index is 13.2. The number of pyridine rings is 1. The number of ether oxygens (including phenoxy) is 1. The van der Waals surface area contributed by atoms with E-state index in [2.05, 4.69) is 10.3 Å². The van der Waals surface area contributed by atoms with Gasteiger partial charge in [-0.15, -0.1) is 0 Å². The summed E-state index contributed by atoms with van der Waals surface area (Å²) in [5.41, 5.74) is 1.65. The van der Waals surface area contributed by atoms with Gasteiger partial charge in [0, 0.05) is 12.3 Å². The lowest BCUT2D eigenvalue weighted by Gasteiger charge is -2.19. The molecule has 1 N–H and O–H groups in total. The third-order valence-electron chi connectivity index (χ3n) is 3.59. The van der Waals surface area contributed by atoms with E-state index in [0.29, 0.717) is 5.75 Å². The van der Waals surface area contributed by atoms with E-state index < -0.39 is 5.82 Å². The third kappa shape index (κ3) is 4.64. The van der Waals surface area contributed by atoms with Crippen molar-refractivity contribution in [2.75, 3.05) is 6.61 Å². The second-order valence-electron chi connectivity index (χ2n) is 5.41. The molecule has 0 aliphatic rings. The van der Waals surface area contributed by atoms with Gasteiger partial charge in [-0.05, 0) is 29.8 Å². The number of carbonyl (C=O) groups is 1. The zero-order valence-corrected chi connectivity index (χ0v) is 13.4. The van der Waals surface area contributed by atoms with Crippen molar-refractivity contribution in [3.63, 3.8) is 0 Å². The number of amides is 1. The van der Waals surface area contributed by atoms with E-state index >= 15 is 0 Å². The van der Waals surface area contributed by atoms with E-state index in [-0.39, 0.29) is 18.6 Å². The molecule has 25 heavy (non-hydrogen) atoms. The molecule has 2 aromatic carbocycles. The highest BCUT2D eigenvalue weighted by Gasteiger charge is 2.18. The van der Waals surface area contributed by atoms with Crippen LogP contribution in [0.5, 0.6) is 5.75 Å². The van der Waals surface area contributed by atoms with Gasteiger partial charge < -0.3 is 10.1 Å². The number of carbonyl (C=O) groups excluding carboxylic acids is 1. The summed E-state index contributed by atoms with van der Waals surface area (Å²) in [5.74, 6) is -0.415. The van der Waals surface area contributed by atoms with Crippen LogP contribution in [-0.2, 0) is 4.79 Å². The number of nitrogens with zero attached hydrogens (tertiary/aromatic N) is 1. The number of hydrogen-bond acceptors (Lipinski definition) is 3. The van der Waals surface area contributed by atoms with Crippen molar-refractivity contribution < 1.29 is 13.9 Å². The minimum absolute atomic E-state index is 0.209. The number of benzene rings is 2. The average molecular weight is 336 g/mol. The lowest BCUT2D eigenvalue weighted by Crippen LogP contribution is -2.33. The molecule has 3 rings (SSSR count). The third-order valence-corrected chi connectivity index (χ3v) is 3.59. The Bertz CT molecular complexity index is 786. The van der Waals surface area contributed by atoms with Gasteiger partial charge in [0.25, 0.3) is 5.91 Å². The highest BCUT2D eigenvalue weighted by atomic mass is 19.1.